The molecule has 1 rings (SSSR count). The number of benzene rings is 1. The van der Waals surface area contributed by atoms with Gasteiger partial charge in [0, 0.05) is 5.56 Å². The summed E-state index contributed by atoms with van der Waals surface area (Å²) in [6.45, 7) is -3.48. The first-order chi connectivity index (χ1) is 5.95. The summed E-state index contributed by atoms with van der Waals surface area (Å²) in [6.07, 6.45) is 0.544. The van der Waals surface area contributed by atoms with Crippen molar-refractivity contribution in [1.82, 2.24) is 0 Å². The predicted molar refractivity (Wildman–Crippen MR) is 45.3 cm³/mol. The number of rotatable bonds is 2. The third kappa shape index (κ3) is 3.51. The van der Waals surface area contributed by atoms with Crippen molar-refractivity contribution in [1.29, 1.82) is 0 Å². The Morgan fingerprint density at radius 2 is 1.86 bits per heavy atom. The van der Waals surface area contributed by atoms with E-state index >= 15 is 0 Å². The van der Waals surface area contributed by atoms with Crippen molar-refractivity contribution in [2.45, 2.75) is 6.92 Å². The van der Waals surface area contributed by atoms with Crippen LogP contribution in [0.1, 0.15) is 15.9 Å². The Hall–Kier alpha value is 0.381. The van der Waals surface area contributed by atoms with Crippen molar-refractivity contribution in [3.8, 4) is 0 Å². The molecule has 0 N–H and O–H groups in total. The molecule has 0 aliphatic heterocycles. The molecule has 0 spiro atoms. The molecule has 1 nitrogen and oxygen atoms in total. The van der Waals surface area contributed by atoms with E-state index < -0.39 is 12.4 Å². The van der Waals surface area contributed by atoms with E-state index in [1.165, 1.54) is 13.0 Å². The Morgan fingerprint density at radius 1 is 1.29 bits per heavy atom. The van der Waals surface area contributed by atoms with Crippen molar-refractivity contribution in [3.05, 3.63) is 29.3 Å². The van der Waals surface area contributed by atoms with Crippen LogP contribution in [-0.4, -0.2) is 13.3 Å². The van der Waals surface area contributed by atoms with E-state index in [2.05, 4.69) is 0 Å². The Kier molecular flexibility index (Phi) is 5.61. The van der Waals surface area contributed by atoms with E-state index in [4.69, 9.17) is 0 Å². The van der Waals surface area contributed by atoms with Crippen molar-refractivity contribution in [2.24, 2.45) is 0 Å². The van der Waals surface area contributed by atoms with Gasteiger partial charge in [-0.1, -0.05) is 18.2 Å². The number of hydrogen-bond acceptors (Lipinski definition) is 1. The van der Waals surface area contributed by atoms with Crippen LogP contribution >= 0.6 is 0 Å². The normalized spacial score (nSPS) is 10.6. The number of aldehydes is 1. The van der Waals surface area contributed by atoms with Crippen LogP contribution in [0.2, 0.25) is 0 Å². The first kappa shape index (κ1) is 14.4. The second kappa shape index (κ2) is 5.46. The van der Waals surface area contributed by atoms with E-state index in [-0.39, 0.29) is 51.4 Å². The maximum Gasteiger partial charge on any atom is 1.00 e. The fourth-order valence-electron chi connectivity index (χ4n) is 1.03. The van der Waals surface area contributed by atoms with Crippen LogP contribution in [0.15, 0.2) is 18.2 Å². The SMILES string of the molecule is Cc1cc([B-](F)(F)F)ccc1C=O.[K+]. The van der Waals surface area contributed by atoms with Gasteiger partial charge in [-0.2, -0.15) is 0 Å². The Balaban J connectivity index is 0.00000169. The van der Waals surface area contributed by atoms with Gasteiger partial charge in [0.1, 0.15) is 6.29 Å². The minimum Gasteiger partial charge on any atom is -0.445 e. The largest absolute Gasteiger partial charge is 1.00 e. The molecule has 0 aliphatic rings. The topological polar surface area (TPSA) is 17.1 Å². The van der Waals surface area contributed by atoms with E-state index in [9.17, 15) is 17.7 Å². The zero-order valence-corrected chi connectivity index (χ0v) is 11.1. The van der Waals surface area contributed by atoms with Crippen LogP contribution in [0, 0.1) is 6.92 Å². The first-order valence-electron chi connectivity index (χ1n) is 3.71. The Morgan fingerprint density at radius 3 is 2.21 bits per heavy atom. The van der Waals surface area contributed by atoms with Gasteiger partial charge in [0.25, 0.3) is 0 Å². The molecule has 0 radical (unpaired) electrons. The molecular weight excluding hydrogens is 219 g/mol. The zero-order valence-electron chi connectivity index (χ0n) is 7.93. The predicted octanol–water partition coefficient (Wildman–Crippen LogP) is -1.13. The summed E-state index contributed by atoms with van der Waals surface area (Å²) in [5.74, 6) is 0. The van der Waals surface area contributed by atoms with E-state index in [0.29, 0.717) is 17.4 Å². The van der Waals surface area contributed by atoms with E-state index in [1.54, 1.807) is 0 Å². The van der Waals surface area contributed by atoms with Crippen LogP contribution in [0.3, 0.4) is 0 Å². The van der Waals surface area contributed by atoms with Crippen LogP contribution < -0.4 is 56.8 Å². The minimum atomic E-state index is -4.96. The standard InChI is InChI=1S/C8H7BF3O.K/c1-6-4-8(9(10,11)12)3-2-7(6)5-13;/h2-5H,1H3;/q-1;+1. The molecular formula is C8H7BF3KO. The Bertz CT molecular complexity index is 338. The van der Waals surface area contributed by atoms with Crippen LogP contribution in [0.4, 0.5) is 12.9 Å². The number of halogens is 3. The van der Waals surface area contributed by atoms with Crippen molar-refractivity contribution >= 4 is 18.7 Å². The van der Waals surface area contributed by atoms with Gasteiger partial charge in [-0.05, 0) is 12.5 Å². The number of carbonyl (C=O) groups is 1. The molecule has 0 saturated heterocycles. The molecule has 0 aromatic heterocycles. The average molecular weight is 226 g/mol. The molecule has 0 atom stereocenters. The minimum absolute atomic E-state index is 0. The van der Waals surface area contributed by atoms with Crippen molar-refractivity contribution in [3.63, 3.8) is 0 Å². The smallest absolute Gasteiger partial charge is 0.445 e. The molecule has 6 heteroatoms. The second-order valence-corrected chi connectivity index (χ2v) is 2.81. The van der Waals surface area contributed by atoms with Crippen molar-refractivity contribution in [2.75, 3.05) is 0 Å². The number of hydrogen-bond donors (Lipinski definition) is 0. The molecule has 0 aliphatic carbocycles. The van der Waals surface area contributed by atoms with Crippen LogP contribution in [0.5, 0.6) is 0 Å². The maximum absolute atomic E-state index is 12.2. The molecule has 0 fully saturated rings. The second-order valence-electron chi connectivity index (χ2n) is 2.81. The summed E-state index contributed by atoms with van der Waals surface area (Å²) in [5.41, 5.74) is -0.0152. The summed E-state index contributed by atoms with van der Waals surface area (Å²) in [7, 11) is 0. The molecule has 0 saturated carbocycles. The summed E-state index contributed by atoms with van der Waals surface area (Å²) >= 11 is 0. The van der Waals surface area contributed by atoms with Gasteiger partial charge >= 0.3 is 58.4 Å². The molecule has 1 aromatic rings. The van der Waals surface area contributed by atoms with Gasteiger partial charge in [-0.15, -0.1) is 5.46 Å². The van der Waals surface area contributed by atoms with Gasteiger partial charge in [-0.25, -0.2) is 0 Å². The third-order valence-corrected chi connectivity index (χ3v) is 1.80. The summed E-state index contributed by atoms with van der Waals surface area (Å²) in [5, 5.41) is 0. The van der Waals surface area contributed by atoms with E-state index in [1.807, 2.05) is 0 Å². The fourth-order valence-corrected chi connectivity index (χ4v) is 1.03. The monoisotopic (exact) mass is 226 g/mol. The van der Waals surface area contributed by atoms with Gasteiger partial charge in [0.2, 0.25) is 0 Å². The zero-order chi connectivity index (χ0) is 10.1. The quantitative estimate of drug-likeness (QED) is 0.460. The van der Waals surface area contributed by atoms with Crippen LogP contribution in [0.25, 0.3) is 0 Å². The molecule has 14 heavy (non-hydrogen) atoms. The van der Waals surface area contributed by atoms with Gasteiger partial charge in [0.05, 0.1) is 0 Å². The maximum atomic E-state index is 12.2. The summed E-state index contributed by atoms with van der Waals surface area (Å²) in [6, 6.07) is 3.10. The molecule has 0 unspecified atom stereocenters. The molecule has 0 bridgehead atoms. The molecule has 1 aromatic carbocycles. The molecule has 0 amide bonds. The summed E-state index contributed by atoms with van der Waals surface area (Å²) < 4.78 is 36.5. The molecule has 70 valence electrons. The number of carbonyl (C=O) groups excluding carboxylic acids is 1. The van der Waals surface area contributed by atoms with Gasteiger partial charge < -0.3 is 12.9 Å². The van der Waals surface area contributed by atoms with Crippen molar-refractivity contribution < 1.29 is 69.1 Å². The third-order valence-electron chi connectivity index (χ3n) is 1.80. The van der Waals surface area contributed by atoms with Crippen LogP contribution in [-0.2, 0) is 0 Å². The first-order valence-corrected chi connectivity index (χ1v) is 3.71. The Labute approximate surface area is 123 Å². The number of aryl methyl sites for hydroxylation is 1. The fraction of sp³-hybridized carbons (Fsp3) is 0.125. The average Bonchev–Trinajstić information content (AvgIpc) is 2.02. The van der Waals surface area contributed by atoms with Gasteiger partial charge in [0.15, 0.2) is 0 Å². The molecule has 0 heterocycles. The van der Waals surface area contributed by atoms with Gasteiger partial charge in [-0.3, -0.25) is 4.79 Å². The van der Waals surface area contributed by atoms with E-state index in [0.717, 1.165) is 12.1 Å². The summed E-state index contributed by atoms with van der Waals surface area (Å²) in [4.78, 5) is 10.3.